The van der Waals surface area contributed by atoms with Gasteiger partial charge in [0, 0.05) is 12.4 Å². The molecule has 0 saturated heterocycles. The van der Waals surface area contributed by atoms with Crippen LogP contribution in [-0.2, 0) is 0 Å². The van der Waals surface area contributed by atoms with Crippen LogP contribution in [0, 0.1) is 0 Å². The lowest BCUT2D eigenvalue weighted by Crippen LogP contribution is -1.90. The Balaban J connectivity index is 2.22. The lowest BCUT2D eigenvalue weighted by atomic mass is 10.1. The van der Waals surface area contributed by atoms with Gasteiger partial charge in [-0.2, -0.15) is 0 Å². The third-order valence-electron chi connectivity index (χ3n) is 2.58. The van der Waals surface area contributed by atoms with Gasteiger partial charge in [0.05, 0.1) is 14.2 Å². The summed E-state index contributed by atoms with van der Waals surface area (Å²) >= 11 is 0. The van der Waals surface area contributed by atoms with Crippen molar-refractivity contribution in [2.24, 2.45) is 0 Å². The monoisotopic (exact) mass is 241 g/mol. The molecule has 1 heterocycles. The van der Waals surface area contributed by atoms with Gasteiger partial charge in [0.15, 0.2) is 11.5 Å². The van der Waals surface area contributed by atoms with Gasteiger partial charge >= 0.3 is 0 Å². The van der Waals surface area contributed by atoms with Gasteiger partial charge in [0.2, 0.25) is 0 Å². The maximum atomic E-state index is 5.26. The standard InChI is InChI=1S/C15H15NO2/c1-17-14-6-5-13(11-15(14)18-2)4-3-12-7-9-16-10-8-12/h3-11H,1-2H3. The molecule has 1 aromatic carbocycles. The molecule has 0 saturated carbocycles. The van der Waals surface area contributed by atoms with Gasteiger partial charge in [0.1, 0.15) is 0 Å². The zero-order chi connectivity index (χ0) is 12.8. The number of benzene rings is 1. The Bertz CT molecular complexity index is 535. The lowest BCUT2D eigenvalue weighted by Gasteiger charge is -2.07. The summed E-state index contributed by atoms with van der Waals surface area (Å²) < 4.78 is 10.5. The third kappa shape index (κ3) is 2.88. The fraction of sp³-hybridized carbons (Fsp3) is 0.133. The Morgan fingerprint density at radius 1 is 0.833 bits per heavy atom. The highest BCUT2D eigenvalue weighted by molar-refractivity contribution is 5.70. The predicted molar refractivity (Wildman–Crippen MR) is 72.7 cm³/mol. The number of hydrogen-bond donors (Lipinski definition) is 0. The molecular weight excluding hydrogens is 226 g/mol. The second-order valence-corrected chi connectivity index (χ2v) is 3.73. The topological polar surface area (TPSA) is 31.4 Å². The van der Waals surface area contributed by atoms with Crippen LogP contribution in [0.5, 0.6) is 11.5 Å². The first kappa shape index (κ1) is 12.2. The van der Waals surface area contributed by atoms with E-state index in [1.165, 1.54) is 0 Å². The molecule has 18 heavy (non-hydrogen) atoms. The summed E-state index contributed by atoms with van der Waals surface area (Å²) in [5.74, 6) is 1.47. The number of methoxy groups -OCH3 is 2. The van der Waals surface area contributed by atoms with E-state index in [1.54, 1.807) is 26.6 Å². The molecule has 0 amide bonds. The van der Waals surface area contributed by atoms with E-state index in [9.17, 15) is 0 Å². The SMILES string of the molecule is COc1ccc(C=Cc2ccncc2)cc1OC. The van der Waals surface area contributed by atoms with Crippen LogP contribution >= 0.6 is 0 Å². The Hall–Kier alpha value is -2.29. The molecule has 0 aliphatic carbocycles. The van der Waals surface area contributed by atoms with Crippen molar-refractivity contribution in [3.8, 4) is 11.5 Å². The van der Waals surface area contributed by atoms with Crippen molar-refractivity contribution in [2.45, 2.75) is 0 Å². The first-order valence-electron chi connectivity index (χ1n) is 5.63. The number of aromatic nitrogens is 1. The summed E-state index contributed by atoms with van der Waals surface area (Å²) in [6.45, 7) is 0. The highest BCUT2D eigenvalue weighted by atomic mass is 16.5. The third-order valence-corrected chi connectivity index (χ3v) is 2.58. The molecule has 0 radical (unpaired) electrons. The molecule has 0 unspecified atom stereocenters. The fourth-order valence-corrected chi connectivity index (χ4v) is 1.62. The van der Waals surface area contributed by atoms with Crippen molar-refractivity contribution in [1.29, 1.82) is 0 Å². The molecule has 0 atom stereocenters. The smallest absolute Gasteiger partial charge is 0.161 e. The van der Waals surface area contributed by atoms with Gasteiger partial charge in [-0.25, -0.2) is 0 Å². The Morgan fingerprint density at radius 2 is 1.50 bits per heavy atom. The maximum absolute atomic E-state index is 5.26. The molecule has 0 aliphatic rings. The van der Waals surface area contributed by atoms with E-state index < -0.39 is 0 Å². The second kappa shape index (κ2) is 5.87. The molecular formula is C15H15NO2. The van der Waals surface area contributed by atoms with E-state index >= 15 is 0 Å². The molecule has 2 aromatic rings. The molecule has 0 bridgehead atoms. The minimum Gasteiger partial charge on any atom is -0.493 e. The van der Waals surface area contributed by atoms with E-state index in [2.05, 4.69) is 4.98 Å². The average Bonchev–Trinajstić information content (AvgIpc) is 2.45. The molecule has 0 spiro atoms. The van der Waals surface area contributed by atoms with E-state index in [4.69, 9.17) is 9.47 Å². The molecule has 0 fully saturated rings. The van der Waals surface area contributed by atoms with Crippen LogP contribution in [0.15, 0.2) is 42.7 Å². The van der Waals surface area contributed by atoms with Crippen molar-refractivity contribution in [1.82, 2.24) is 4.98 Å². The van der Waals surface area contributed by atoms with Gasteiger partial charge in [-0.1, -0.05) is 18.2 Å². The molecule has 2 rings (SSSR count). The van der Waals surface area contributed by atoms with E-state index in [-0.39, 0.29) is 0 Å². The van der Waals surface area contributed by atoms with Crippen molar-refractivity contribution in [3.63, 3.8) is 0 Å². The largest absolute Gasteiger partial charge is 0.493 e. The van der Waals surface area contributed by atoms with Crippen LogP contribution in [0.1, 0.15) is 11.1 Å². The van der Waals surface area contributed by atoms with Crippen molar-refractivity contribution in [2.75, 3.05) is 14.2 Å². The second-order valence-electron chi connectivity index (χ2n) is 3.73. The van der Waals surface area contributed by atoms with Gasteiger partial charge in [-0.05, 0) is 35.4 Å². The summed E-state index contributed by atoms with van der Waals surface area (Å²) in [5, 5.41) is 0. The maximum Gasteiger partial charge on any atom is 0.161 e. The van der Waals surface area contributed by atoms with E-state index in [1.807, 2.05) is 42.5 Å². The van der Waals surface area contributed by atoms with E-state index in [0.717, 1.165) is 22.6 Å². The predicted octanol–water partition coefficient (Wildman–Crippen LogP) is 3.27. The minimum absolute atomic E-state index is 0.731. The lowest BCUT2D eigenvalue weighted by molar-refractivity contribution is 0.355. The number of rotatable bonds is 4. The van der Waals surface area contributed by atoms with Crippen molar-refractivity contribution in [3.05, 3.63) is 53.9 Å². The van der Waals surface area contributed by atoms with Gasteiger partial charge < -0.3 is 9.47 Å². The quantitative estimate of drug-likeness (QED) is 0.823. The summed E-state index contributed by atoms with van der Waals surface area (Å²) in [4.78, 5) is 3.98. The number of ether oxygens (including phenoxy) is 2. The van der Waals surface area contributed by atoms with Crippen molar-refractivity contribution < 1.29 is 9.47 Å². The Labute approximate surface area is 107 Å². The molecule has 0 aliphatic heterocycles. The minimum atomic E-state index is 0.731. The number of hydrogen-bond acceptors (Lipinski definition) is 3. The molecule has 0 N–H and O–H groups in total. The van der Waals surface area contributed by atoms with Crippen LogP contribution in [0.2, 0.25) is 0 Å². The van der Waals surface area contributed by atoms with Crippen LogP contribution in [-0.4, -0.2) is 19.2 Å². The summed E-state index contributed by atoms with van der Waals surface area (Å²) in [6, 6.07) is 9.73. The van der Waals surface area contributed by atoms with Crippen LogP contribution in [0.3, 0.4) is 0 Å². The average molecular weight is 241 g/mol. The molecule has 92 valence electrons. The van der Waals surface area contributed by atoms with Crippen LogP contribution in [0.25, 0.3) is 12.2 Å². The van der Waals surface area contributed by atoms with Crippen LogP contribution in [0.4, 0.5) is 0 Å². The summed E-state index contributed by atoms with van der Waals surface area (Å²) in [5.41, 5.74) is 2.17. The normalized spacial score (nSPS) is 10.6. The summed E-state index contributed by atoms with van der Waals surface area (Å²) in [7, 11) is 3.26. The summed E-state index contributed by atoms with van der Waals surface area (Å²) in [6.07, 6.45) is 7.60. The van der Waals surface area contributed by atoms with Gasteiger partial charge in [-0.3, -0.25) is 4.98 Å². The Morgan fingerprint density at radius 3 is 2.17 bits per heavy atom. The van der Waals surface area contributed by atoms with Gasteiger partial charge in [0.25, 0.3) is 0 Å². The molecule has 3 heteroatoms. The van der Waals surface area contributed by atoms with Gasteiger partial charge in [-0.15, -0.1) is 0 Å². The number of nitrogens with zero attached hydrogens (tertiary/aromatic N) is 1. The highest BCUT2D eigenvalue weighted by Gasteiger charge is 2.02. The number of pyridine rings is 1. The molecule has 3 nitrogen and oxygen atoms in total. The zero-order valence-corrected chi connectivity index (χ0v) is 10.5. The van der Waals surface area contributed by atoms with Crippen molar-refractivity contribution >= 4 is 12.2 Å². The highest BCUT2D eigenvalue weighted by Crippen LogP contribution is 2.28. The molecule has 1 aromatic heterocycles. The fourth-order valence-electron chi connectivity index (χ4n) is 1.62. The van der Waals surface area contributed by atoms with E-state index in [0.29, 0.717) is 0 Å². The zero-order valence-electron chi connectivity index (χ0n) is 10.5. The first-order chi connectivity index (χ1) is 8.83. The first-order valence-corrected chi connectivity index (χ1v) is 5.63. The Kier molecular flexibility index (Phi) is 3.97. The van der Waals surface area contributed by atoms with Crippen LogP contribution < -0.4 is 9.47 Å².